The van der Waals surface area contributed by atoms with Crippen LogP contribution in [0.15, 0.2) is 0 Å². The summed E-state index contributed by atoms with van der Waals surface area (Å²) in [7, 11) is -4.07. The van der Waals surface area contributed by atoms with E-state index in [1.165, 1.54) is 18.1 Å². The van der Waals surface area contributed by atoms with Crippen LogP contribution in [-0.4, -0.2) is 43.5 Å². The minimum absolute atomic E-state index is 0.629. The van der Waals surface area contributed by atoms with Crippen LogP contribution in [0.4, 0.5) is 0 Å². The molecule has 0 N–H and O–H groups in total. The van der Waals surface area contributed by atoms with E-state index in [1.54, 1.807) is 0 Å². The van der Waals surface area contributed by atoms with Gasteiger partial charge in [0, 0.05) is 32.5 Å². The average molecular weight is 323 g/mol. The van der Waals surface area contributed by atoms with E-state index in [0.717, 1.165) is 6.04 Å². The summed E-state index contributed by atoms with van der Waals surface area (Å²) in [6.07, 6.45) is 0. The Morgan fingerprint density at radius 2 is 1.00 bits per heavy atom. The van der Waals surface area contributed by atoms with Crippen LogP contribution in [0.3, 0.4) is 0 Å². The van der Waals surface area contributed by atoms with E-state index >= 15 is 0 Å². The predicted octanol–water partition coefficient (Wildman–Crippen LogP) is 4.06. The van der Waals surface area contributed by atoms with Crippen LogP contribution >= 0.6 is 0 Å². The fourth-order valence-corrected chi connectivity index (χ4v) is 7.66. The van der Waals surface area contributed by atoms with Crippen molar-refractivity contribution < 1.29 is 17.7 Å². The molecule has 0 aliphatic carbocycles. The predicted molar refractivity (Wildman–Crippen MR) is 88.6 cm³/mol. The largest absolute Gasteiger partial charge is 0.503 e. The first-order valence-corrected chi connectivity index (χ1v) is 12.6. The first kappa shape index (κ1) is 20.3. The molecular formula is C14H34O4Si2. The molecule has 0 atom stereocenters. The van der Waals surface area contributed by atoms with Crippen molar-refractivity contribution in [3.05, 3.63) is 0 Å². The highest BCUT2D eigenvalue weighted by molar-refractivity contribution is 6.73. The van der Waals surface area contributed by atoms with Gasteiger partial charge in [-0.1, -0.05) is 20.8 Å². The molecule has 0 aromatic rings. The molecule has 0 saturated carbocycles. The van der Waals surface area contributed by atoms with Crippen LogP contribution in [0.5, 0.6) is 0 Å². The second kappa shape index (κ2) is 10.9. The first-order chi connectivity index (χ1) is 9.57. The van der Waals surface area contributed by atoms with Crippen LogP contribution in [0.2, 0.25) is 24.2 Å². The lowest BCUT2D eigenvalue weighted by Gasteiger charge is -2.32. The van der Waals surface area contributed by atoms with Crippen LogP contribution in [-0.2, 0) is 17.7 Å². The second-order valence-corrected chi connectivity index (χ2v) is 12.3. The van der Waals surface area contributed by atoms with Crippen molar-refractivity contribution in [3.8, 4) is 0 Å². The maximum atomic E-state index is 6.31. The Balaban J connectivity index is 4.58. The van der Waals surface area contributed by atoms with Gasteiger partial charge in [-0.2, -0.15) is 0 Å². The summed E-state index contributed by atoms with van der Waals surface area (Å²) in [6, 6.07) is 4.28. The topological polar surface area (TPSA) is 36.9 Å². The minimum atomic E-state index is -2.54. The van der Waals surface area contributed by atoms with E-state index in [0.29, 0.717) is 26.4 Å². The molecule has 20 heavy (non-hydrogen) atoms. The Bertz CT molecular complexity index is 210. The first-order valence-electron chi connectivity index (χ1n) is 8.13. The molecule has 0 rings (SSSR count). The summed E-state index contributed by atoms with van der Waals surface area (Å²) < 4.78 is 23.9. The molecule has 0 fully saturated rings. The lowest BCUT2D eigenvalue weighted by atomic mass is 10.9. The molecular weight excluding hydrogens is 288 g/mol. The van der Waals surface area contributed by atoms with Gasteiger partial charge >= 0.3 is 8.80 Å². The van der Waals surface area contributed by atoms with Crippen LogP contribution in [0.25, 0.3) is 0 Å². The van der Waals surface area contributed by atoms with Crippen LogP contribution in [0.1, 0.15) is 41.5 Å². The third-order valence-corrected chi connectivity index (χ3v) is 11.5. The molecule has 122 valence electrons. The lowest BCUT2D eigenvalue weighted by molar-refractivity contribution is 0.0671. The molecule has 6 heteroatoms. The molecule has 4 nitrogen and oxygen atoms in total. The molecule has 0 heterocycles. The van der Waals surface area contributed by atoms with Crippen molar-refractivity contribution in [2.24, 2.45) is 0 Å². The fourth-order valence-electron chi connectivity index (χ4n) is 2.45. The Morgan fingerprint density at radius 1 is 0.600 bits per heavy atom. The molecule has 0 aromatic heterocycles. The van der Waals surface area contributed by atoms with Gasteiger partial charge in [-0.05, 0) is 38.9 Å². The van der Waals surface area contributed by atoms with Gasteiger partial charge in [-0.3, -0.25) is 0 Å². The third kappa shape index (κ3) is 6.36. The van der Waals surface area contributed by atoms with E-state index in [2.05, 4.69) is 20.8 Å². The van der Waals surface area contributed by atoms with Gasteiger partial charge in [0.2, 0.25) is 0 Å². The summed E-state index contributed by atoms with van der Waals surface area (Å²) in [5.41, 5.74) is 0. The lowest BCUT2D eigenvalue weighted by Crippen LogP contribution is -2.48. The van der Waals surface area contributed by atoms with E-state index < -0.39 is 17.1 Å². The SMILES string of the molecule is CCO[Si](CCO[Si](CC)(CC)CC)(OCC)OCC. The molecule has 0 bridgehead atoms. The summed E-state index contributed by atoms with van der Waals surface area (Å²) in [6.45, 7) is 15.3. The minimum Gasteiger partial charge on any atom is -0.417 e. The monoisotopic (exact) mass is 322 g/mol. The molecule has 0 radical (unpaired) electrons. The van der Waals surface area contributed by atoms with Crippen molar-refractivity contribution in [2.45, 2.75) is 65.7 Å². The van der Waals surface area contributed by atoms with Crippen LogP contribution < -0.4 is 0 Å². The van der Waals surface area contributed by atoms with E-state index in [-0.39, 0.29) is 0 Å². The molecule has 0 saturated heterocycles. The summed E-state index contributed by atoms with van der Waals surface area (Å²) >= 11 is 0. The average Bonchev–Trinajstić information content (AvgIpc) is 2.45. The standard InChI is InChI=1S/C14H34O4Si2/c1-7-15-20(16-8-2,17-9-3)14-13-18-19(10-4,11-5)12-6/h7-14H2,1-6H3. The Labute approximate surface area is 127 Å². The molecule has 0 unspecified atom stereocenters. The highest BCUT2D eigenvalue weighted by atomic mass is 28.4. The van der Waals surface area contributed by atoms with Crippen molar-refractivity contribution >= 4 is 17.1 Å². The van der Waals surface area contributed by atoms with Crippen molar-refractivity contribution in [1.29, 1.82) is 0 Å². The zero-order valence-electron chi connectivity index (χ0n) is 14.3. The van der Waals surface area contributed by atoms with Gasteiger partial charge in [0.1, 0.15) is 0 Å². The molecule has 0 aromatic carbocycles. The van der Waals surface area contributed by atoms with Gasteiger partial charge in [0.05, 0.1) is 0 Å². The normalized spacial score (nSPS) is 12.9. The quantitative estimate of drug-likeness (QED) is 0.479. The Hall–Kier alpha value is 0.274. The molecule has 0 amide bonds. The second-order valence-electron chi connectivity index (χ2n) is 4.82. The summed E-state index contributed by atoms with van der Waals surface area (Å²) in [5.74, 6) is 0. The van der Waals surface area contributed by atoms with Gasteiger partial charge in [-0.25, -0.2) is 0 Å². The van der Waals surface area contributed by atoms with Crippen molar-refractivity contribution in [3.63, 3.8) is 0 Å². The van der Waals surface area contributed by atoms with E-state index in [1.807, 2.05) is 20.8 Å². The van der Waals surface area contributed by atoms with Crippen molar-refractivity contribution in [2.75, 3.05) is 26.4 Å². The number of rotatable bonds is 13. The summed E-state index contributed by atoms with van der Waals surface area (Å²) in [4.78, 5) is 0. The van der Waals surface area contributed by atoms with Gasteiger partial charge in [-0.15, -0.1) is 0 Å². The van der Waals surface area contributed by atoms with Gasteiger partial charge in [0.25, 0.3) is 0 Å². The number of hydrogen-bond acceptors (Lipinski definition) is 4. The highest BCUT2D eigenvalue weighted by Gasteiger charge is 2.41. The number of hydrogen-bond donors (Lipinski definition) is 0. The maximum Gasteiger partial charge on any atom is 0.503 e. The molecule has 0 spiro atoms. The maximum absolute atomic E-state index is 6.31. The summed E-state index contributed by atoms with van der Waals surface area (Å²) in [5, 5.41) is 0. The zero-order valence-corrected chi connectivity index (χ0v) is 16.3. The van der Waals surface area contributed by atoms with E-state index in [4.69, 9.17) is 17.7 Å². The van der Waals surface area contributed by atoms with Crippen LogP contribution in [0, 0.1) is 0 Å². The molecule has 0 aliphatic rings. The third-order valence-electron chi connectivity index (χ3n) is 3.84. The Morgan fingerprint density at radius 3 is 1.30 bits per heavy atom. The Kier molecular flexibility index (Phi) is 11.1. The smallest absolute Gasteiger partial charge is 0.417 e. The van der Waals surface area contributed by atoms with Gasteiger partial charge in [0.15, 0.2) is 8.32 Å². The van der Waals surface area contributed by atoms with Gasteiger partial charge < -0.3 is 17.7 Å². The highest BCUT2D eigenvalue weighted by Crippen LogP contribution is 2.24. The zero-order chi connectivity index (χ0) is 15.5. The van der Waals surface area contributed by atoms with E-state index in [9.17, 15) is 0 Å². The molecule has 0 aliphatic heterocycles. The fraction of sp³-hybridized carbons (Fsp3) is 1.00. The van der Waals surface area contributed by atoms with Crippen molar-refractivity contribution in [1.82, 2.24) is 0 Å².